The van der Waals surface area contributed by atoms with Crippen LogP contribution >= 0.6 is 0 Å². The summed E-state index contributed by atoms with van der Waals surface area (Å²) in [5, 5.41) is 52.7. The zero-order chi connectivity index (χ0) is 33.0. The molecule has 0 bridgehead atoms. The predicted molar refractivity (Wildman–Crippen MR) is 178 cm³/mol. The maximum Gasteiger partial charge on any atom is 0.108 e. The fraction of sp³-hybridized carbons (Fsp3) is 0.371. The van der Waals surface area contributed by atoms with Crippen LogP contribution < -0.4 is 0 Å². The van der Waals surface area contributed by atoms with E-state index in [0.29, 0.717) is 5.57 Å². The Kier molecular flexibility index (Phi) is 31.6. The van der Waals surface area contributed by atoms with E-state index in [1.807, 2.05) is 89.2 Å². The third-order valence-electron chi connectivity index (χ3n) is 4.54. The molecule has 0 amide bonds. The minimum absolute atomic E-state index is 0.103. The van der Waals surface area contributed by atoms with Crippen LogP contribution in [-0.4, -0.2) is 43.9 Å². The molecule has 0 aliphatic carbocycles. The summed E-state index contributed by atoms with van der Waals surface area (Å²) >= 11 is 0. The minimum atomic E-state index is -0.347. The van der Waals surface area contributed by atoms with Crippen LogP contribution in [0.5, 0.6) is 0 Å². The molecular weight excluding hydrogens is 516 g/mol. The first-order valence-electron chi connectivity index (χ1n) is 13.9. The molecule has 0 radical (unpaired) electrons. The Balaban J connectivity index is -0.000000414. The van der Waals surface area contributed by atoms with Gasteiger partial charge >= 0.3 is 0 Å². The molecule has 1 atom stereocenters. The van der Waals surface area contributed by atoms with E-state index < -0.39 is 0 Å². The largest absolute Gasteiger partial charge is 0.513 e. The van der Waals surface area contributed by atoms with E-state index in [4.69, 9.17) is 15.3 Å². The number of rotatable bonds is 6. The van der Waals surface area contributed by atoms with Crippen molar-refractivity contribution in [3.05, 3.63) is 120 Å². The summed E-state index contributed by atoms with van der Waals surface area (Å²) in [5.74, 6) is 0.0297. The molecule has 0 spiro atoms. The van der Waals surface area contributed by atoms with Gasteiger partial charge in [0.1, 0.15) is 5.76 Å². The van der Waals surface area contributed by atoms with Gasteiger partial charge in [-0.2, -0.15) is 0 Å². The maximum absolute atomic E-state index is 10.2. The topological polar surface area (TPSA) is 121 Å². The predicted octanol–water partition coefficient (Wildman–Crippen LogP) is 9.88. The molecule has 0 aliphatic heterocycles. The van der Waals surface area contributed by atoms with Crippen molar-refractivity contribution in [1.29, 1.82) is 0 Å². The van der Waals surface area contributed by atoms with Crippen molar-refractivity contribution in [1.82, 2.24) is 0 Å². The summed E-state index contributed by atoms with van der Waals surface area (Å²) in [4.78, 5) is 0. The van der Waals surface area contributed by atoms with Gasteiger partial charge < -0.3 is 30.6 Å². The zero-order valence-corrected chi connectivity index (χ0v) is 26.9. The van der Waals surface area contributed by atoms with Crippen LogP contribution in [0.15, 0.2) is 114 Å². The highest BCUT2D eigenvalue weighted by molar-refractivity contribution is 5.64. The molecule has 6 nitrogen and oxygen atoms in total. The van der Waals surface area contributed by atoms with Gasteiger partial charge in [-0.25, -0.2) is 0 Å². The highest BCUT2D eigenvalue weighted by Gasteiger charge is 2.21. The molecule has 2 rings (SSSR count). The molecule has 0 saturated heterocycles. The van der Waals surface area contributed by atoms with Crippen molar-refractivity contribution < 1.29 is 30.6 Å². The molecule has 6 N–H and O–H groups in total. The Morgan fingerprint density at radius 1 is 0.659 bits per heavy atom. The molecule has 2 aromatic carbocycles. The number of hydrogen-bond donors (Lipinski definition) is 6. The van der Waals surface area contributed by atoms with Crippen molar-refractivity contribution in [2.75, 3.05) is 13.2 Å². The molecule has 0 aliphatic rings. The molecule has 0 heterocycles. The van der Waals surface area contributed by atoms with Crippen LogP contribution in [0, 0.1) is 0 Å². The van der Waals surface area contributed by atoms with Crippen molar-refractivity contribution in [2.45, 2.75) is 75.2 Å². The van der Waals surface area contributed by atoms with Gasteiger partial charge in [0, 0.05) is 24.7 Å². The van der Waals surface area contributed by atoms with Gasteiger partial charge in [-0.05, 0) is 69.9 Å². The number of aliphatic hydroxyl groups is 6. The van der Waals surface area contributed by atoms with Gasteiger partial charge in [0.2, 0.25) is 0 Å². The van der Waals surface area contributed by atoms with Gasteiger partial charge in [-0.1, -0.05) is 102 Å². The fourth-order valence-electron chi connectivity index (χ4n) is 2.98. The van der Waals surface area contributed by atoms with E-state index >= 15 is 0 Å². The Labute approximate surface area is 249 Å². The lowest BCUT2D eigenvalue weighted by molar-refractivity contribution is 0.318. The van der Waals surface area contributed by atoms with Gasteiger partial charge in [-0.15, -0.1) is 0 Å². The average Bonchev–Trinajstić information content (AvgIpc) is 2.94. The SMILES string of the molecule is C=C(C)O.C=C(O)/C=C\C(=C(/C)O)C(/C(C)=C(/C)O)c1ccc(-c2ccccc2)cc1.CC.CC.CCO.CCO. The average molecular weight is 573 g/mol. The van der Waals surface area contributed by atoms with E-state index in [0.717, 1.165) is 22.3 Å². The highest BCUT2D eigenvalue weighted by atomic mass is 16.3. The first-order chi connectivity index (χ1) is 19.4. The van der Waals surface area contributed by atoms with E-state index in [2.05, 4.69) is 13.2 Å². The Hall–Kier alpha value is -3.74. The summed E-state index contributed by atoms with van der Waals surface area (Å²) in [6.07, 6.45) is 3.06. The number of hydrogen-bond acceptors (Lipinski definition) is 6. The second kappa shape index (κ2) is 29.2. The van der Waals surface area contributed by atoms with Crippen molar-refractivity contribution in [3.8, 4) is 11.1 Å². The number of allylic oxidation sites excluding steroid dienone is 7. The molecule has 0 fully saturated rings. The number of benzene rings is 2. The second-order valence-corrected chi connectivity index (χ2v) is 7.92. The van der Waals surface area contributed by atoms with E-state index in [-0.39, 0.29) is 42.2 Å². The first kappa shape index (κ1) is 44.3. The van der Waals surface area contributed by atoms with Crippen LogP contribution in [0.4, 0.5) is 0 Å². The fourth-order valence-corrected chi connectivity index (χ4v) is 2.98. The lowest BCUT2D eigenvalue weighted by Gasteiger charge is -2.22. The molecule has 2 aromatic rings. The monoisotopic (exact) mass is 572 g/mol. The van der Waals surface area contributed by atoms with E-state index in [1.54, 1.807) is 33.8 Å². The van der Waals surface area contributed by atoms with Crippen molar-refractivity contribution in [2.24, 2.45) is 0 Å². The normalized spacial score (nSPS) is 11.3. The van der Waals surface area contributed by atoms with Crippen LogP contribution in [0.3, 0.4) is 0 Å². The van der Waals surface area contributed by atoms with E-state index in [9.17, 15) is 15.3 Å². The number of aliphatic hydroxyl groups excluding tert-OH is 6. The lowest BCUT2D eigenvalue weighted by Crippen LogP contribution is -2.07. The third kappa shape index (κ3) is 22.7. The molecule has 232 valence electrons. The van der Waals surface area contributed by atoms with Crippen molar-refractivity contribution in [3.63, 3.8) is 0 Å². The molecule has 1 unspecified atom stereocenters. The van der Waals surface area contributed by atoms with Gasteiger partial charge in [-0.3, -0.25) is 0 Å². The van der Waals surface area contributed by atoms with Crippen LogP contribution in [-0.2, 0) is 0 Å². The molecular formula is C35H56O6. The smallest absolute Gasteiger partial charge is 0.108 e. The van der Waals surface area contributed by atoms with Gasteiger partial charge in [0.25, 0.3) is 0 Å². The summed E-state index contributed by atoms with van der Waals surface area (Å²) < 4.78 is 0. The summed E-state index contributed by atoms with van der Waals surface area (Å²) in [5.41, 5.74) is 4.45. The van der Waals surface area contributed by atoms with Crippen molar-refractivity contribution >= 4 is 0 Å². The van der Waals surface area contributed by atoms with Gasteiger partial charge in [0.15, 0.2) is 0 Å². The third-order valence-corrected chi connectivity index (χ3v) is 4.54. The Morgan fingerprint density at radius 2 is 1.02 bits per heavy atom. The highest BCUT2D eigenvalue weighted by Crippen LogP contribution is 2.36. The molecule has 6 heteroatoms. The lowest BCUT2D eigenvalue weighted by atomic mass is 9.83. The quantitative estimate of drug-likeness (QED) is 0.151. The minimum Gasteiger partial charge on any atom is -0.513 e. The van der Waals surface area contributed by atoms with Crippen LogP contribution in [0.2, 0.25) is 0 Å². The first-order valence-corrected chi connectivity index (χ1v) is 13.9. The Bertz CT molecular complexity index is 1000. The summed E-state index contributed by atoms with van der Waals surface area (Å²) in [6, 6.07) is 18.1. The standard InChI is InChI=1S/C24H26O3.C3H6O.2C2H6O.2C2H6/c1-16(25)10-15-23(19(4)27)24(17(2)18(3)26)22-13-11-21(12-14-22)20-8-6-5-7-9-20;1-3(2)4;2*1-2-3;2*1-2/h5-15,24-27H,1H2,2-4H3;4H,1H2,2H3;2*3H,2H2,1H3;2*1-2H3/b15-10-,18-17-,23-19-;;;;;. The molecule has 0 aromatic heterocycles. The van der Waals surface area contributed by atoms with Crippen LogP contribution in [0.25, 0.3) is 11.1 Å². The van der Waals surface area contributed by atoms with E-state index in [1.165, 1.54) is 13.0 Å². The van der Waals surface area contributed by atoms with Gasteiger partial charge in [0.05, 0.1) is 17.3 Å². The summed E-state index contributed by atoms with van der Waals surface area (Å²) in [7, 11) is 0. The second-order valence-electron chi connectivity index (χ2n) is 7.92. The Morgan fingerprint density at radius 3 is 1.34 bits per heavy atom. The zero-order valence-electron chi connectivity index (χ0n) is 26.9. The molecule has 0 saturated carbocycles. The summed E-state index contributed by atoms with van der Waals surface area (Å²) in [6.45, 7) is 25.0. The van der Waals surface area contributed by atoms with Crippen LogP contribution in [0.1, 0.15) is 80.7 Å². The molecule has 41 heavy (non-hydrogen) atoms. The maximum atomic E-state index is 10.2.